The topological polar surface area (TPSA) is 49.3 Å². The quantitative estimate of drug-likeness (QED) is 0.495. The highest BCUT2D eigenvalue weighted by Gasteiger charge is 2.51. The van der Waals surface area contributed by atoms with Crippen LogP contribution in [0.3, 0.4) is 0 Å². The van der Waals surface area contributed by atoms with E-state index in [2.05, 4.69) is 28.7 Å². The molecule has 37 heavy (non-hydrogen) atoms. The molecule has 5 rings (SSSR count). The van der Waals surface area contributed by atoms with Gasteiger partial charge in [-0.15, -0.1) is 0 Å². The lowest BCUT2D eigenvalue weighted by Crippen LogP contribution is -2.49. The van der Waals surface area contributed by atoms with E-state index in [0.717, 1.165) is 51.3 Å². The van der Waals surface area contributed by atoms with Crippen LogP contribution in [-0.4, -0.2) is 51.4 Å². The molecule has 0 bridgehead atoms. The molecule has 2 aromatic rings. The molecule has 1 aromatic carbocycles. The Morgan fingerprint density at radius 2 is 1.78 bits per heavy atom. The molecular weight excluding hydrogens is 484 g/mol. The van der Waals surface area contributed by atoms with Crippen molar-refractivity contribution in [1.82, 2.24) is 19.8 Å². The van der Waals surface area contributed by atoms with Crippen molar-refractivity contribution in [3.63, 3.8) is 0 Å². The van der Waals surface area contributed by atoms with Crippen molar-refractivity contribution in [2.24, 2.45) is 11.3 Å². The highest BCUT2D eigenvalue weighted by Crippen LogP contribution is 2.49. The number of nitrogens with zero attached hydrogens (tertiary/aromatic N) is 4. The van der Waals surface area contributed by atoms with Gasteiger partial charge in [0, 0.05) is 31.5 Å². The summed E-state index contributed by atoms with van der Waals surface area (Å²) in [6, 6.07) is 1.89. The van der Waals surface area contributed by atoms with Gasteiger partial charge in [-0.25, -0.2) is 14.4 Å². The largest absolute Gasteiger partial charge is 0.416 e. The minimum Gasteiger partial charge on any atom is -0.338 e. The first kappa shape index (κ1) is 26.1. The summed E-state index contributed by atoms with van der Waals surface area (Å²) in [5.41, 5.74) is 0.199. The standard InChI is InChI=1S/C28H34F4N4O/c1-18(2)27(7-3-23(13-27)35-8-4-19(5-9-35)21-14-33-17-34-15-21)26(37)36-10-6-24-20(16-36)11-22(12-25(24)29)28(30,31)32/h11-12,14-15,17-19,23H,3-10,13,16H2,1-2H3. The first-order chi connectivity index (χ1) is 17.6. The summed E-state index contributed by atoms with van der Waals surface area (Å²) in [6.45, 7) is 6.42. The van der Waals surface area contributed by atoms with E-state index in [4.69, 9.17) is 0 Å². The number of hydrogen-bond acceptors (Lipinski definition) is 4. The Morgan fingerprint density at radius 3 is 2.43 bits per heavy atom. The van der Waals surface area contributed by atoms with Crippen LogP contribution in [0.25, 0.3) is 0 Å². The fourth-order valence-corrected chi connectivity index (χ4v) is 6.74. The third-order valence-electron chi connectivity index (χ3n) is 9.05. The zero-order valence-electron chi connectivity index (χ0n) is 21.4. The predicted octanol–water partition coefficient (Wildman–Crippen LogP) is 5.59. The minimum absolute atomic E-state index is 0.00444. The molecule has 1 aromatic heterocycles. The van der Waals surface area contributed by atoms with Gasteiger partial charge in [0.25, 0.3) is 0 Å². The third-order valence-corrected chi connectivity index (χ3v) is 9.05. The average Bonchev–Trinajstić information content (AvgIpc) is 3.35. The Hall–Kier alpha value is -2.55. The van der Waals surface area contributed by atoms with Crippen LogP contribution in [0.4, 0.5) is 17.6 Å². The van der Waals surface area contributed by atoms with E-state index < -0.39 is 23.0 Å². The van der Waals surface area contributed by atoms with E-state index in [1.54, 1.807) is 11.2 Å². The first-order valence-corrected chi connectivity index (χ1v) is 13.3. The van der Waals surface area contributed by atoms with Crippen molar-refractivity contribution in [3.05, 3.63) is 58.9 Å². The van der Waals surface area contributed by atoms with Crippen LogP contribution in [0, 0.1) is 17.2 Å². The van der Waals surface area contributed by atoms with E-state index in [1.165, 1.54) is 5.56 Å². The number of halogens is 4. The molecule has 0 N–H and O–H groups in total. The smallest absolute Gasteiger partial charge is 0.338 e. The lowest BCUT2D eigenvalue weighted by molar-refractivity contribution is -0.146. The number of aromatic nitrogens is 2. The Bertz CT molecular complexity index is 1130. The van der Waals surface area contributed by atoms with Crippen LogP contribution >= 0.6 is 0 Å². The molecular formula is C28H34F4N4O. The number of carbonyl (C=O) groups excluding carboxylic acids is 1. The molecule has 3 heterocycles. The number of benzene rings is 1. The fraction of sp³-hybridized carbons (Fsp3) is 0.607. The lowest BCUT2D eigenvalue weighted by atomic mass is 9.73. The molecule has 1 amide bonds. The number of rotatable bonds is 4. The summed E-state index contributed by atoms with van der Waals surface area (Å²) in [5, 5.41) is 0. The Morgan fingerprint density at radius 1 is 1.08 bits per heavy atom. The Balaban J connectivity index is 1.28. The van der Waals surface area contributed by atoms with Crippen LogP contribution in [0.2, 0.25) is 0 Å². The summed E-state index contributed by atoms with van der Waals surface area (Å²) >= 11 is 0. The van der Waals surface area contributed by atoms with Gasteiger partial charge in [0.05, 0.1) is 11.0 Å². The highest BCUT2D eigenvalue weighted by atomic mass is 19.4. The van der Waals surface area contributed by atoms with Gasteiger partial charge in [0.1, 0.15) is 12.1 Å². The Kier molecular flexibility index (Phi) is 7.02. The minimum atomic E-state index is -4.62. The van der Waals surface area contributed by atoms with Gasteiger partial charge in [-0.2, -0.15) is 13.2 Å². The number of alkyl halides is 3. The van der Waals surface area contributed by atoms with Crippen molar-refractivity contribution in [2.45, 2.75) is 77.1 Å². The van der Waals surface area contributed by atoms with E-state index in [-0.39, 0.29) is 30.4 Å². The van der Waals surface area contributed by atoms with E-state index >= 15 is 0 Å². The number of carbonyl (C=O) groups is 1. The average molecular weight is 519 g/mol. The van der Waals surface area contributed by atoms with Crippen LogP contribution in [0.15, 0.2) is 30.9 Å². The normalized spacial score (nSPS) is 25.5. The lowest BCUT2D eigenvalue weighted by Gasteiger charge is -2.41. The summed E-state index contributed by atoms with van der Waals surface area (Å²) in [6.07, 6.45) is 5.46. The molecule has 1 saturated carbocycles. The molecule has 1 saturated heterocycles. The van der Waals surface area contributed by atoms with Gasteiger partial charge in [-0.05, 0) is 92.3 Å². The maximum absolute atomic E-state index is 14.5. The Labute approximate surface area is 215 Å². The van der Waals surface area contributed by atoms with E-state index in [0.29, 0.717) is 30.1 Å². The second kappa shape index (κ2) is 9.97. The molecule has 2 atom stereocenters. The molecule has 0 radical (unpaired) electrons. The maximum Gasteiger partial charge on any atom is 0.416 e. The second-order valence-corrected chi connectivity index (χ2v) is 11.3. The second-order valence-electron chi connectivity index (χ2n) is 11.3. The van der Waals surface area contributed by atoms with Crippen LogP contribution in [-0.2, 0) is 23.9 Å². The number of amides is 1. The van der Waals surface area contributed by atoms with Crippen LogP contribution in [0.1, 0.15) is 74.1 Å². The first-order valence-electron chi connectivity index (χ1n) is 13.3. The van der Waals surface area contributed by atoms with Crippen molar-refractivity contribution in [3.8, 4) is 0 Å². The summed E-state index contributed by atoms with van der Waals surface area (Å²) in [5.74, 6) is -0.277. The molecule has 2 aliphatic heterocycles. The molecule has 200 valence electrons. The van der Waals surface area contributed by atoms with Crippen molar-refractivity contribution in [2.75, 3.05) is 19.6 Å². The van der Waals surface area contributed by atoms with Crippen molar-refractivity contribution in [1.29, 1.82) is 0 Å². The maximum atomic E-state index is 14.5. The molecule has 3 aliphatic rings. The zero-order valence-corrected chi connectivity index (χ0v) is 21.4. The molecule has 9 heteroatoms. The van der Waals surface area contributed by atoms with Gasteiger partial charge in [0.15, 0.2) is 0 Å². The summed E-state index contributed by atoms with van der Waals surface area (Å²) in [7, 11) is 0. The number of piperidine rings is 1. The van der Waals surface area contributed by atoms with Gasteiger partial charge in [0.2, 0.25) is 5.91 Å². The number of hydrogen-bond donors (Lipinski definition) is 0. The zero-order chi connectivity index (χ0) is 26.4. The monoisotopic (exact) mass is 518 g/mol. The van der Waals surface area contributed by atoms with Gasteiger partial charge < -0.3 is 9.80 Å². The summed E-state index contributed by atoms with van der Waals surface area (Å²) in [4.78, 5) is 26.5. The van der Waals surface area contributed by atoms with Gasteiger partial charge in [-0.1, -0.05) is 13.8 Å². The van der Waals surface area contributed by atoms with E-state index in [9.17, 15) is 22.4 Å². The van der Waals surface area contributed by atoms with Gasteiger partial charge in [-0.3, -0.25) is 4.79 Å². The highest BCUT2D eigenvalue weighted by molar-refractivity contribution is 5.84. The van der Waals surface area contributed by atoms with Crippen LogP contribution < -0.4 is 0 Å². The van der Waals surface area contributed by atoms with Crippen molar-refractivity contribution >= 4 is 5.91 Å². The fourth-order valence-electron chi connectivity index (χ4n) is 6.74. The molecule has 0 spiro atoms. The molecule has 2 fully saturated rings. The third kappa shape index (κ3) is 4.99. The van der Waals surface area contributed by atoms with Crippen molar-refractivity contribution < 1.29 is 22.4 Å². The number of fused-ring (bicyclic) bond motifs is 1. The summed E-state index contributed by atoms with van der Waals surface area (Å²) < 4.78 is 54.3. The molecule has 2 unspecified atom stereocenters. The van der Waals surface area contributed by atoms with Crippen LogP contribution in [0.5, 0.6) is 0 Å². The van der Waals surface area contributed by atoms with Gasteiger partial charge >= 0.3 is 6.18 Å². The van der Waals surface area contributed by atoms with E-state index in [1.807, 2.05) is 12.4 Å². The SMILES string of the molecule is CC(C)C1(C(=O)N2CCc3c(F)cc(C(F)(F)F)cc3C2)CCC(N2CCC(c3cncnc3)CC2)C1. The predicted molar refractivity (Wildman–Crippen MR) is 131 cm³/mol. The molecule has 1 aliphatic carbocycles. The number of likely N-dealkylation sites (tertiary alicyclic amines) is 1. The molecule has 5 nitrogen and oxygen atoms in total.